The number of hydrogen-bond acceptors (Lipinski definition) is 4. The summed E-state index contributed by atoms with van der Waals surface area (Å²) in [4.78, 5) is 27.4. The molecular weight excluding hydrogens is 320 g/mol. The lowest BCUT2D eigenvalue weighted by molar-refractivity contribution is -0.137. The fourth-order valence-corrected chi connectivity index (χ4v) is 2.31. The number of aromatic nitrogens is 1. The van der Waals surface area contributed by atoms with Gasteiger partial charge in [0.1, 0.15) is 5.76 Å². The minimum atomic E-state index is -1.02. The molecule has 0 aliphatic rings. The molecular formula is C16H17ClN2O4. The second-order valence-corrected chi connectivity index (χ2v) is 5.83. The van der Waals surface area contributed by atoms with Gasteiger partial charge < -0.3 is 14.8 Å². The summed E-state index contributed by atoms with van der Waals surface area (Å²) in [6.07, 6.45) is 0.959. The van der Waals surface area contributed by atoms with Gasteiger partial charge in [0.25, 0.3) is 5.91 Å². The van der Waals surface area contributed by atoms with Crippen molar-refractivity contribution in [2.75, 3.05) is 0 Å². The van der Waals surface area contributed by atoms with Crippen LogP contribution in [0, 0.1) is 0 Å². The highest BCUT2D eigenvalue weighted by atomic mass is 35.5. The second kappa shape index (κ2) is 7.28. The molecule has 0 aliphatic carbocycles. The molecule has 1 heterocycles. The van der Waals surface area contributed by atoms with Crippen LogP contribution in [0.15, 0.2) is 35.1 Å². The first-order chi connectivity index (χ1) is 10.9. The van der Waals surface area contributed by atoms with E-state index in [0.29, 0.717) is 16.3 Å². The molecule has 0 saturated carbocycles. The number of halogens is 1. The number of carboxylic acid groups (broad SMARTS) is 1. The molecule has 0 spiro atoms. The largest absolute Gasteiger partial charge is 0.481 e. The number of rotatable bonds is 6. The Labute approximate surface area is 138 Å². The van der Waals surface area contributed by atoms with Crippen LogP contribution < -0.4 is 5.32 Å². The lowest BCUT2D eigenvalue weighted by atomic mass is 10.0. The SMILES string of the molecule is CC(C)c1ocnc1C(=O)N[C@@H](CC(=O)O)c1ccc(Cl)cc1. The van der Waals surface area contributed by atoms with Crippen molar-refractivity contribution in [2.24, 2.45) is 0 Å². The van der Waals surface area contributed by atoms with E-state index < -0.39 is 17.9 Å². The van der Waals surface area contributed by atoms with Gasteiger partial charge in [0.2, 0.25) is 0 Å². The Hall–Kier alpha value is -2.34. The third-order valence-corrected chi connectivity index (χ3v) is 3.54. The Bertz CT molecular complexity index is 694. The lowest BCUT2D eigenvalue weighted by Gasteiger charge is -2.17. The Morgan fingerprint density at radius 3 is 2.52 bits per heavy atom. The van der Waals surface area contributed by atoms with E-state index in [9.17, 15) is 9.59 Å². The summed E-state index contributed by atoms with van der Waals surface area (Å²) in [6.45, 7) is 3.76. The minimum Gasteiger partial charge on any atom is -0.481 e. The molecule has 1 amide bonds. The summed E-state index contributed by atoms with van der Waals surface area (Å²) in [5.74, 6) is -1.03. The Morgan fingerprint density at radius 1 is 1.30 bits per heavy atom. The fraction of sp³-hybridized carbons (Fsp3) is 0.312. The molecule has 2 rings (SSSR count). The normalized spacial score (nSPS) is 12.2. The Morgan fingerprint density at radius 2 is 1.96 bits per heavy atom. The zero-order chi connectivity index (χ0) is 17.0. The molecule has 6 nitrogen and oxygen atoms in total. The van der Waals surface area contributed by atoms with Crippen molar-refractivity contribution in [1.82, 2.24) is 10.3 Å². The van der Waals surface area contributed by atoms with Gasteiger partial charge in [0.05, 0.1) is 12.5 Å². The van der Waals surface area contributed by atoms with Crippen molar-refractivity contribution in [3.05, 3.63) is 52.7 Å². The van der Waals surface area contributed by atoms with Crippen LogP contribution in [-0.4, -0.2) is 22.0 Å². The van der Waals surface area contributed by atoms with E-state index in [-0.39, 0.29) is 18.0 Å². The molecule has 0 unspecified atom stereocenters. The first-order valence-corrected chi connectivity index (χ1v) is 7.47. The average molecular weight is 337 g/mol. The average Bonchev–Trinajstić information content (AvgIpc) is 2.96. The Kier molecular flexibility index (Phi) is 5.39. The second-order valence-electron chi connectivity index (χ2n) is 5.40. The van der Waals surface area contributed by atoms with Crippen LogP contribution in [0.2, 0.25) is 5.02 Å². The number of hydrogen-bond donors (Lipinski definition) is 2. The summed E-state index contributed by atoms with van der Waals surface area (Å²) in [5.41, 5.74) is 0.823. The number of amides is 1. The number of carbonyl (C=O) groups is 2. The summed E-state index contributed by atoms with van der Waals surface area (Å²) in [7, 11) is 0. The maximum Gasteiger partial charge on any atom is 0.305 e. The van der Waals surface area contributed by atoms with Gasteiger partial charge >= 0.3 is 5.97 Å². The van der Waals surface area contributed by atoms with E-state index in [1.54, 1.807) is 24.3 Å². The third kappa shape index (κ3) is 4.32. The van der Waals surface area contributed by atoms with Crippen molar-refractivity contribution in [2.45, 2.75) is 32.2 Å². The van der Waals surface area contributed by atoms with Crippen molar-refractivity contribution in [3.63, 3.8) is 0 Å². The van der Waals surface area contributed by atoms with Crippen LogP contribution in [-0.2, 0) is 4.79 Å². The molecule has 2 aromatic rings. The van der Waals surface area contributed by atoms with Crippen molar-refractivity contribution >= 4 is 23.5 Å². The van der Waals surface area contributed by atoms with E-state index in [1.165, 1.54) is 6.39 Å². The molecule has 0 aliphatic heterocycles. The van der Waals surface area contributed by atoms with Crippen molar-refractivity contribution in [1.29, 1.82) is 0 Å². The van der Waals surface area contributed by atoms with Gasteiger partial charge in [0.15, 0.2) is 12.1 Å². The molecule has 23 heavy (non-hydrogen) atoms. The topological polar surface area (TPSA) is 92.4 Å². The lowest BCUT2D eigenvalue weighted by Crippen LogP contribution is -2.31. The third-order valence-electron chi connectivity index (χ3n) is 3.29. The number of carbonyl (C=O) groups excluding carboxylic acids is 1. The summed E-state index contributed by atoms with van der Waals surface area (Å²) in [5, 5.41) is 12.3. The molecule has 1 aromatic carbocycles. The van der Waals surface area contributed by atoms with Gasteiger partial charge in [-0.3, -0.25) is 9.59 Å². The summed E-state index contributed by atoms with van der Waals surface area (Å²) >= 11 is 5.84. The summed E-state index contributed by atoms with van der Waals surface area (Å²) in [6, 6.07) is 5.97. The molecule has 0 saturated heterocycles. The van der Waals surface area contributed by atoms with E-state index in [0.717, 1.165) is 0 Å². The number of oxazole rings is 1. The monoisotopic (exact) mass is 336 g/mol. The van der Waals surface area contributed by atoms with Gasteiger partial charge in [-0.15, -0.1) is 0 Å². The van der Waals surface area contributed by atoms with Crippen LogP contribution in [0.3, 0.4) is 0 Å². The molecule has 0 bridgehead atoms. The number of nitrogens with zero attached hydrogens (tertiary/aromatic N) is 1. The predicted molar refractivity (Wildman–Crippen MR) is 84.5 cm³/mol. The van der Waals surface area contributed by atoms with Crippen LogP contribution in [0.5, 0.6) is 0 Å². The van der Waals surface area contributed by atoms with Gasteiger partial charge in [-0.25, -0.2) is 4.98 Å². The number of aliphatic carboxylic acids is 1. The van der Waals surface area contributed by atoms with Crippen LogP contribution in [0.1, 0.15) is 54.0 Å². The quantitative estimate of drug-likeness (QED) is 0.843. The highest BCUT2D eigenvalue weighted by Gasteiger charge is 2.24. The smallest absolute Gasteiger partial charge is 0.305 e. The predicted octanol–water partition coefficient (Wildman–Crippen LogP) is 3.40. The van der Waals surface area contributed by atoms with Gasteiger partial charge in [0, 0.05) is 10.9 Å². The van der Waals surface area contributed by atoms with Crippen molar-refractivity contribution in [3.8, 4) is 0 Å². The molecule has 2 N–H and O–H groups in total. The number of benzene rings is 1. The van der Waals surface area contributed by atoms with Crippen LogP contribution >= 0.6 is 11.6 Å². The van der Waals surface area contributed by atoms with E-state index in [4.69, 9.17) is 21.1 Å². The number of nitrogens with one attached hydrogen (secondary N) is 1. The van der Waals surface area contributed by atoms with Gasteiger partial charge in [-0.1, -0.05) is 37.6 Å². The molecule has 1 aromatic heterocycles. The van der Waals surface area contributed by atoms with E-state index in [1.807, 2.05) is 13.8 Å². The first-order valence-electron chi connectivity index (χ1n) is 7.10. The van der Waals surface area contributed by atoms with Crippen molar-refractivity contribution < 1.29 is 19.1 Å². The maximum absolute atomic E-state index is 12.4. The van der Waals surface area contributed by atoms with E-state index >= 15 is 0 Å². The van der Waals surface area contributed by atoms with Gasteiger partial charge in [-0.2, -0.15) is 0 Å². The maximum atomic E-state index is 12.4. The highest BCUT2D eigenvalue weighted by molar-refractivity contribution is 6.30. The molecule has 122 valence electrons. The standard InChI is InChI=1S/C16H17ClN2O4/c1-9(2)15-14(18-8-23-15)16(22)19-12(7-13(20)21)10-3-5-11(17)6-4-10/h3-6,8-9,12H,7H2,1-2H3,(H,19,22)(H,20,21)/t12-/m0/s1. The summed E-state index contributed by atoms with van der Waals surface area (Å²) < 4.78 is 5.23. The Balaban J connectivity index is 2.23. The zero-order valence-corrected chi connectivity index (χ0v) is 13.5. The number of carboxylic acids is 1. The van der Waals surface area contributed by atoms with E-state index in [2.05, 4.69) is 10.3 Å². The first kappa shape index (κ1) is 17.0. The molecule has 1 atom stereocenters. The van der Waals surface area contributed by atoms with Crippen LogP contribution in [0.25, 0.3) is 0 Å². The zero-order valence-electron chi connectivity index (χ0n) is 12.7. The van der Waals surface area contributed by atoms with Gasteiger partial charge in [-0.05, 0) is 17.7 Å². The minimum absolute atomic E-state index is 0.00768. The molecule has 7 heteroatoms. The highest BCUT2D eigenvalue weighted by Crippen LogP contribution is 2.22. The van der Waals surface area contributed by atoms with Crippen LogP contribution in [0.4, 0.5) is 0 Å². The fourth-order valence-electron chi connectivity index (χ4n) is 2.18. The molecule has 0 radical (unpaired) electrons. The molecule has 0 fully saturated rings.